The molecule has 0 fully saturated rings. The summed E-state index contributed by atoms with van der Waals surface area (Å²) in [5, 5.41) is 13.6. The van der Waals surface area contributed by atoms with Crippen molar-refractivity contribution >= 4 is 0 Å². The fourth-order valence-electron chi connectivity index (χ4n) is 1.82. The number of aliphatic hydroxyl groups is 1. The van der Waals surface area contributed by atoms with Crippen molar-refractivity contribution in [3.05, 3.63) is 23.8 Å². The number of rotatable bonds is 7. The average molecular weight is 253 g/mol. The SMILES string of the molecule is CCCNC(C)C(O)c1ccc(OC)cc1OC. The third-order valence-electron chi connectivity index (χ3n) is 2.95. The second-order valence-electron chi connectivity index (χ2n) is 4.30. The Hall–Kier alpha value is -1.26. The summed E-state index contributed by atoms with van der Waals surface area (Å²) in [5.74, 6) is 1.36. The third-order valence-corrected chi connectivity index (χ3v) is 2.95. The van der Waals surface area contributed by atoms with E-state index in [1.807, 2.05) is 19.1 Å². The number of methoxy groups -OCH3 is 2. The summed E-state index contributed by atoms with van der Waals surface area (Å²) in [4.78, 5) is 0. The summed E-state index contributed by atoms with van der Waals surface area (Å²) in [7, 11) is 3.20. The van der Waals surface area contributed by atoms with Crippen molar-refractivity contribution in [3.63, 3.8) is 0 Å². The summed E-state index contributed by atoms with van der Waals surface area (Å²) < 4.78 is 10.4. The molecule has 0 aromatic heterocycles. The zero-order chi connectivity index (χ0) is 13.5. The minimum atomic E-state index is -0.600. The normalized spacial score (nSPS) is 14.1. The Bertz CT molecular complexity index is 368. The van der Waals surface area contributed by atoms with Gasteiger partial charge in [-0.1, -0.05) is 6.92 Å². The van der Waals surface area contributed by atoms with Gasteiger partial charge in [-0.2, -0.15) is 0 Å². The van der Waals surface area contributed by atoms with Crippen LogP contribution in [0, 0.1) is 0 Å². The van der Waals surface area contributed by atoms with E-state index in [1.165, 1.54) is 0 Å². The molecule has 0 saturated carbocycles. The second-order valence-corrected chi connectivity index (χ2v) is 4.30. The Morgan fingerprint density at radius 1 is 1.28 bits per heavy atom. The molecule has 18 heavy (non-hydrogen) atoms. The highest BCUT2D eigenvalue weighted by molar-refractivity contribution is 5.42. The molecule has 0 heterocycles. The summed E-state index contributed by atoms with van der Waals surface area (Å²) in [6, 6.07) is 5.43. The van der Waals surface area contributed by atoms with Gasteiger partial charge < -0.3 is 19.9 Å². The van der Waals surface area contributed by atoms with E-state index < -0.39 is 6.10 Å². The number of nitrogens with one attached hydrogen (secondary N) is 1. The largest absolute Gasteiger partial charge is 0.497 e. The molecule has 102 valence electrons. The summed E-state index contributed by atoms with van der Waals surface area (Å²) in [5.41, 5.74) is 0.773. The van der Waals surface area contributed by atoms with Gasteiger partial charge in [0.05, 0.1) is 20.3 Å². The lowest BCUT2D eigenvalue weighted by atomic mass is 10.0. The maximum atomic E-state index is 10.3. The molecule has 2 unspecified atom stereocenters. The van der Waals surface area contributed by atoms with E-state index in [0.29, 0.717) is 5.75 Å². The Morgan fingerprint density at radius 2 is 2.00 bits per heavy atom. The molecule has 0 aliphatic rings. The molecule has 0 spiro atoms. The monoisotopic (exact) mass is 253 g/mol. The lowest BCUT2D eigenvalue weighted by Gasteiger charge is -2.22. The molecular weight excluding hydrogens is 230 g/mol. The summed E-state index contributed by atoms with van der Waals surface area (Å²) in [6.07, 6.45) is 0.439. The maximum Gasteiger partial charge on any atom is 0.128 e. The molecule has 0 radical (unpaired) electrons. The lowest BCUT2D eigenvalue weighted by molar-refractivity contribution is 0.133. The van der Waals surface area contributed by atoms with Crippen LogP contribution < -0.4 is 14.8 Å². The van der Waals surface area contributed by atoms with E-state index >= 15 is 0 Å². The highest BCUT2D eigenvalue weighted by atomic mass is 16.5. The molecule has 0 aliphatic carbocycles. The Labute approximate surface area is 109 Å². The van der Waals surface area contributed by atoms with Crippen LogP contribution in [0.25, 0.3) is 0 Å². The van der Waals surface area contributed by atoms with Gasteiger partial charge in [0.2, 0.25) is 0 Å². The number of hydrogen-bond donors (Lipinski definition) is 2. The van der Waals surface area contributed by atoms with Crippen LogP contribution in [0.4, 0.5) is 0 Å². The molecule has 0 saturated heterocycles. The number of hydrogen-bond acceptors (Lipinski definition) is 4. The number of benzene rings is 1. The Kier molecular flexibility index (Phi) is 5.95. The standard InChI is InChI=1S/C14H23NO3/c1-5-8-15-10(2)14(16)12-7-6-11(17-3)9-13(12)18-4/h6-7,9-10,14-16H,5,8H2,1-4H3. The van der Waals surface area contributed by atoms with Gasteiger partial charge in [0, 0.05) is 17.7 Å². The van der Waals surface area contributed by atoms with Crippen LogP contribution >= 0.6 is 0 Å². The Morgan fingerprint density at radius 3 is 2.56 bits per heavy atom. The predicted molar refractivity (Wildman–Crippen MR) is 72.3 cm³/mol. The van der Waals surface area contributed by atoms with Crippen LogP contribution in [0.3, 0.4) is 0 Å². The average Bonchev–Trinajstić information content (AvgIpc) is 2.43. The zero-order valence-electron chi connectivity index (χ0n) is 11.6. The smallest absolute Gasteiger partial charge is 0.128 e. The minimum Gasteiger partial charge on any atom is -0.497 e. The molecule has 0 amide bonds. The van der Waals surface area contributed by atoms with Gasteiger partial charge >= 0.3 is 0 Å². The minimum absolute atomic E-state index is 0.0211. The van der Waals surface area contributed by atoms with E-state index in [-0.39, 0.29) is 6.04 Å². The topological polar surface area (TPSA) is 50.7 Å². The van der Waals surface area contributed by atoms with Gasteiger partial charge in [-0.25, -0.2) is 0 Å². The predicted octanol–water partition coefficient (Wildman–Crippen LogP) is 2.13. The van der Waals surface area contributed by atoms with Gasteiger partial charge in [0.25, 0.3) is 0 Å². The lowest BCUT2D eigenvalue weighted by Crippen LogP contribution is -2.32. The number of aliphatic hydroxyl groups excluding tert-OH is 1. The van der Waals surface area contributed by atoms with Crippen molar-refractivity contribution in [1.29, 1.82) is 0 Å². The van der Waals surface area contributed by atoms with Crippen molar-refractivity contribution < 1.29 is 14.6 Å². The quantitative estimate of drug-likeness (QED) is 0.781. The molecule has 0 aliphatic heterocycles. The third kappa shape index (κ3) is 3.62. The molecule has 1 rings (SSSR count). The molecular formula is C14H23NO3. The van der Waals surface area contributed by atoms with Crippen LogP contribution in [-0.4, -0.2) is 31.9 Å². The maximum absolute atomic E-state index is 10.3. The zero-order valence-corrected chi connectivity index (χ0v) is 11.6. The van der Waals surface area contributed by atoms with Gasteiger partial charge in [0.15, 0.2) is 0 Å². The van der Waals surface area contributed by atoms with E-state index in [9.17, 15) is 5.11 Å². The summed E-state index contributed by atoms with van der Waals surface area (Å²) >= 11 is 0. The first-order chi connectivity index (χ1) is 8.63. The first-order valence-corrected chi connectivity index (χ1v) is 6.27. The molecule has 2 N–H and O–H groups in total. The molecule has 4 heteroatoms. The van der Waals surface area contributed by atoms with E-state index in [2.05, 4.69) is 12.2 Å². The van der Waals surface area contributed by atoms with Crippen molar-refractivity contribution in [2.24, 2.45) is 0 Å². The first-order valence-electron chi connectivity index (χ1n) is 6.27. The van der Waals surface area contributed by atoms with E-state index in [0.717, 1.165) is 24.3 Å². The fourth-order valence-corrected chi connectivity index (χ4v) is 1.82. The van der Waals surface area contributed by atoms with Crippen molar-refractivity contribution in [2.75, 3.05) is 20.8 Å². The molecule has 4 nitrogen and oxygen atoms in total. The van der Waals surface area contributed by atoms with Gasteiger partial charge in [-0.15, -0.1) is 0 Å². The van der Waals surface area contributed by atoms with Crippen molar-refractivity contribution in [2.45, 2.75) is 32.4 Å². The van der Waals surface area contributed by atoms with Crippen LogP contribution in [0.1, 0.15) is 31.9 Å². The van der Waals surface area contributed by atoms with Crippen LogP contribution in [0.2, 0.25) is 0 Å². The van der Waals surface area contributed by atoms with Crippen LogP contribution in [0.15, 0.2) is 18.2 Å². The summed E-state index contributed by atoms with van der Waals surface area (Å²) in [6.45, 7) is 4.95. The van der Waals surface area contributed by atoms with Gasteiger partial charge in [-0.3, -0.25) is 0 Å². The molecule has 2 atom stereocenters. The molecule has 1 aromatic carbocycles. The van der Waals surface area contributed by atoms with Crippen molar-refractivity contribution in [3.8, 4) is 11.5 Å². The highest BCUT2D eigenvalue weighted by Crippen LogP contribution is 2.30. The van der Waals surface area contributed by atoms with Crippen LogP contribution in [0.5, 0.6) is 11.5 Å². The van der Waals surface area contributed by atoms with Crippen LogP contribution in [-0.2, 0) is 0 Å². The van der Waals surface area contributed by atoms with E-state index in [1.54, 1.807) is 20.3 Å². The second kappa shape index (κ2) is 7.24. The van der Waals surface area contributed by atoms with Crippen molar-refractivity contribution in [1.82, 2.24) is 5.32 Å². The molecule has 1 aromatic rings. The fraction of sp³-hybridized carbons (Fsp3) is 0.571. The van der Waals surface area contributed by atoms with E-state index in [4.69, 9.17) is 9.47 Å². The number of ether oxygens (including phenoxy) is 2. The Balaban J connectivity index is 2.86. The van der Waals surface area contributed by atoms with Gasteiger partial charge in [-0.05, 0) is 32.0 Å². The highest BCUT2D eigenvalue weighted by Gasteiger charge is 2.19. The van der Waals surface area contributed by atoms with Gasteiger partial charge in [0.1, 0.15) is 11.5 Å². The first kappa shape index (κ1) is 14.8. The molecule has 0 bridgehead atoms.